The normalized spacial score (nSPS) is 19.1. The Hall–Kier alpha value is -3.00. The predicted molar refractivity (Wildman–Crippen MR) is 118 cm³/mol. The molecular weight excluding hydrogens is 398 g/mol. The Balaban J connectivity index is 1.63. The fourth-order valence-electron chi connectivity index (χ4n) is 3.49. The molecule has 0 radical (unpaired) electrons. The molecule has 8 heteroatoms. The summed E-state index contributed by atoms with van der Waals surface area (Å²) in [5.74, 6) is 0.175. The summed E-state index contributed by atoms with van der Waals surface area (Å²) in [6.07, 6.45) is 1.06. The van der Waals surface area contributed by atoms with Crippen LogP contribution in [0.1, 0.15) is 50.7 Å². The van der Waals surface area contributed by atoms with Gasteiger partial charge in [-0.1, -0.05) is 12.1 Å². The monoisotopic (exact) mass is 429 g/mol. The minimum Gasteiger partial charge on any atom is -0.467 e. The van der Waals surface area contributed by atoms with Gasteiger partial charge >= 0.3 is 6.09 Å². The molecule has 0 saturated carbocycles. The lowest BCUT2D eigenvalue weighted by Gasteiger charge is -2.37. The first-order chi connectivity index (χ1) is 14.6. The molecule has 8 nitrogen and oxygen atoms in total. The first-order valence-electron chi connectivity index (χ1n) is 10.5. The van der Waals surface area contributed by atoms with Crippen molar-refractivity contribution in [3.8, 4) is 0 Å². The van der Waals surface area contributed by atoms with Crippen molar-refractivity contribution in [2.75, 3.05) is 23.3 Å². The van der Waals surface area contributed by atoms with Gasteiger partial charge in [-0.25, -0.2) is 4.79 Å². The molecule has 0 unspecified atom stereocenters. The largest absolute Gasteiger partial charge is 0.467 e. The number of morpholine rings is 1. The van der Waals surface area contributed by atoms with Crippen molar-refractivity contribution in [1.82, 2.24) is 5.32 Å². The summed E-state index contributed by atoms with van der Waals surface area (Å²) in [7, 11) is 0. The summed E-state index contributed by atoms with van der Waals surface area (Å²) in [6.45, 7) is 11.1. The molecule has 1 fully saturated rings. The van der Waals surface area contributed by atoms with E-state index in [9.17, 15) is 9.59 Å². The van der Waals surface area contributed by atoms with Crippen molar-refractivity contribution >= 4 is 23.4 Å². The second kappa shape index (κ2) is 9.43. The molecule has 168 valence electrons. The SMILES string of the molecule is C[C@H]1CN(c2ccccc2NC(=O)c2coc(CNC(=O)OC(C)(C)C)c2)C[C@H](C)O1. The van der Waals surface area contributed by atoms with Gasteiger partial charge in [0, 0.05) is 13.1 Å². The third kappa shape index (κ3) is 6.49. The molecule has 1 aliphatic heterocycles. The Morgan fingerprint density at radius 1 is 1.16 bits per heavy atom. The Morgan fingerprint density at radius 2 is 1.84 bits per heavy atom. The number of hydrogen-bond acceptors (Lipinski definition) is 6. The second-order valence-electron chi connectivity index (χ2n) is 8.79. The second-order valence-corrected chi connectivity index (χ2v) is 8.79. The van der Waals surface area contributed by atoms with E-state index in [1.54, 1.807) is 26.8 Å². The third-order valence-electron chi connectivity index (χ3n) is 4.63. The highest BCUT2D eigenvalue weighted by Gasteiger charge is 2.24. The number of carbonyl (C=O) groups excluding carboxylic acids is 2. The van der Waals surface area contributed by atoms with E-state index in [1.807, 2.05) is 38.1 Å². The van der Waals surface area contributed by atoms with Crippen LogP contribution in [0.5, 0.6) is 0 Å². The fraction of sp³-hybridized carbons (Fsp3) is 0.478. The van der Waals surface area contributed by atoms with Crippen molar-refractivity contribution in [3.05, 3.63) is 47.9 Å². The van der Waals surface area contributed by atoms with E-state index in [1.165, 1.54) is 6.26 Å². The number of anilines is 2. The molecule has 0 aliphatic carbocycles. The van der Waals surface area contributed by atoms with Crippen LogP contribution in [0.3, 0.4) is 0 Å². The zero-order chi connectivity index (χ0) is 22.6. The maximum absolute atomic E-state index is 12.8. The number of alkyl carbamates (subject to hydrolysis) is 1. The predicted octanol–water partition coefficient (Wildman–Crippen LogP) is 4.17. The number of benzene rings is 1. The minimum atomic E-state index is -0.582. The van der Waals surface area contributed by atoms with E-state index in [0.717, 1.165) is 24.5 Å². The van der Waals surface area contributed by atoms with Crippen LogP contribution in [0.4, 0.5) is 16.2 Å². The number of amides is 2. The molecule has 3 rings (SSSR count). The molecule has 0 bridgehead atoms. The highest BCUT2D eigenvalue weighted by Crippen LogP contribution is 2.29. The summed E-state index contributed by atoms with van der Waals surface area (Å²) < 4.78 is 16.4. The molecule has 0 spiro atoms. The molecule has 2 heterocycles. The molecule has 2 amide bonds. The fourth-order valence-corrected chi connectivity index (χ4v) is 3.49. The maximum Gasteiger partial charge on any atom is 0.408 e. The number of ether oxygens (including phenoxy) is 2. The first-order valence-corrected chi connectivity index (χ1v) is 10.5. The molecule has 1 aromatic carbocycles. The van der Waals surface area contributed by atoms with Crippen molar-refractivity contribution < 1.29 is 23.5 Å². The minimum absolute atomic E-state index is 0.112. The van der Waals surface area contributed by atoms with Gasteiger partial charge in [0.25, 0.3) is 5.91 Å². The van der Waals surface area contributed by atoms with Gasteiger partial charge < -0.3 is 29.4 Å². The van der Waals surface area contributed by atoms with Crippen LogP contribution >= 0.6 is 0 Å². The Morgan fingerprint density at radius 3 is 2.52 bits per heavy atom. The number of nitrogens with zero attached hydrogens (tertiary/aromatic N) is 1. The van der Waals surface area contributed by atoms with Crippen LogP contribution in [0.15, 0.2) is 41.0 Å². The Kier molecular flexibility index (Phi) is 6.90. The van der Waals surface area contributed by atoms with Crippen LogP contribution in [0.2, 0.25) is 0 Å². The number of para-hydroxylation sites is 2. The first kappa shape index (κ1) is 22.7. The van der Waals surface area contributed by atoms with E-state index in [4.69, 9.17) is 13.9 Å². The Labute approximate surface area is 182 Å². The van der Waals surface area contributed by atoms with Crippen LogP contribution in [0, 0.1) is 0 Å². The highest BCUT2D eigenvalue weighted by atomic mass is 16.6. The maximum atomic E-state index is 12.8. The van der Waals surface area contributed by atoms with Crippen molar-refractivity contribution in [3.63, 3.8) is 0 Å². The quantitative estimate of drug-likeness (QED) is 0.741. The summed E-state index contributed by atoms with van der Waals surface area (Å²) in [6, 6.07) is 9.31. The van der Waals surface area contributed by atoms with E-state index in [-0.39, 0.29) is 24.7 Å². The van der Waals surface area contributed by atoms with E-state index < -0.39 is 11.7 Å². The van der Waals surface area contributed by atoms with Gasteiger partial charge in [-0.3, -0.25) is 4.79 Å². The summed E-state index contributed by atoms with van der Waals surface area (Å²) in [4.78, 5) is 26.8. The summed E-state index contributed by atoms with van der Waals surface area (Å²) in [5, 5.41) is 5.58. The van der Waals surface area contributed by atoms with Crippen LogP contribution < -0.4 is 15.5 Å². The van der Waals surface area contributed by atoms with Gasteiger partial charge in [-0.05, 0) is 52.8 Å². The molecule has 2 atom stereocenters. The highest BCUT2D eigenvalue weighted by molar-refractivity contribution is 6.05. The summed E-state index contributed by atoms with van der Waals surface area (Å²) in [5.41, 5.74) is 1.47. The van der Waals surface area contributed by atoms with Crippen molar-refractivity contribution in [2.45, 2.75) is 59.0 Å². The van der Waals surface area contributed by atoms with E-state index in [0.29, 0.717) is 11.3 Å². The molecule has 2 aromatic rings. The van der Waals surface area contributed by atoms with Crippen molar-refractivity contribution in [2.24, 2.45) is 0 Å². The average Bonchev–Trinajstić information content (AvgIpc) is 3.14. The van der Waals surface area contributed by atoms with Gasteiger partial charge in [0.15, 0.2) is 0 Å². The summed E-state index contributed by atoms with van der Waals surface area (Å²) >= 11 is 0. The van der Waals surface area contributed by atoms with Gasteiger partial charge in [0.1, 0.15) is 17.6 Å². The Bertz CT molecular complexity index is 908. The van der Waals surface area contributed by atoms with Crippen LogP contribution in [-0.2, 0) is 16.0 Å². The smallest absolute Gasteiger partial charge is 0.408 e. The molecular formula is C23H31N3O5. The van der Waals surface area contributed by atoms with Gasteiger partial charge in [-0.15, -0.1) is 0 Å². The molecule has 1 aromatic heterocycles. The van der Waals surface area contributed by atoms with E-state index >= 15 is 0 Å². The lowest BCUT2D eigenvalue weighted by Crippen LogP contribution is -2.45. The number of furan rings is 1. The topological polar surface area (TPSA) is 93.0 Å². The zero-order valence-electron chi connectivity index (χ0n) is 18.7. The number of carbonyl (C=O) groups is 2. The number of rotatable bonds is 5. The third-order valence-corrected chi connectivity index (χ3v) is 4.63. The lowest BCUT2D eigenvalue weighted by molar-refractivity contribution is -0.00517. The van der Waals surface area contributed by atoms with Gasteiger partial charge in [-0.2, -0.15) is 0 Å². The molecule has 31 heavy (non-hydrogen) atoms. The number of nitrogens with one attached hydrogen (secondary N) is 2. The van der Waals surface area contributed by atoms with Crippen molar-refractivity contribution in [1.29, 1.82) is 0 Å². The van der Waals surface area contributed by atoms with Gasteiger partial charge in [0.05, 0.1) is 35.7 Å². The molecule has 1 saturated heterocycles. The molecule has 2 N–H and O–H groups in total. The standard InChI is InChI=1S/C23H31N3O5/c1-15-12-26(13-16(2)30-15)20-9-7-6-8-19(20)25-21(27)17-10-18(29-14-17)11-24-22(28)31-23(3,4)5/h6-10,14-16H,11-13H2,1-5H3,(H,24,28)(H,25,27)/t15-,16-/m0/s1. The zero-order valence-corrected chi connectivity index (χ0v) is 18.7. The number of hydrogen-bond donors (Lipinski definition) is 2. The average molecular weight is 430 g/mol. The van der Waals surface area contributed by atoms with Crippen LogP contribution in [0.25, 0.3) is 0 Å². The lowest BCUT2D eigenvalue weighted by atomic mass is 10.1. The van der Waals surface area contributed by atoms with Crippen LogP contribution in [-0.4, -0.2) is 42.9 Å². The van der Waals surface area contributed by atoms with Gasteiger partial charge in [0.2, 0.25) is 0 Å². The van der Waals surface area contributed by atoms with E-state index in [2.05, 4.69) is 15.5 Å². The molecule has 1 aliphatic rings.